The molecular formula is C12H20N4O3. The molecule has 0 spiro atoms. The number of nitrogens with two attached hydrogens (primary N) is 1. The Balaban J connectivity index is 2.69. The van der Waals surface area contributed by atoms with Crippen LogP contribution in [0.25, 0.3) is 0 Å². The number of aliphatic carboxylic acids is 1. The van der Waals surface area contributed by atoms with E-state index in [0.717, 1.165) is 0 Å². The van der Waals surface area contributed by atoms with Crippen molar-refractivity contribution in [1.82, 2.24) is 15.3 Å². The molecule has 0 aliphatic heterocycles. The van der Waals surface area contributed by atoms with Crippen LogP contribution in [0.1, 0.15) is 26.0 Å². The number of imidazole rings is 1. The van der Waals surface area contributed by atoms with E-state index in [4.69, 9.17) is 10.8 Å². The van der Waals surface area contributed by atoms with Crippen LogP contribution in [0.15, 0.2) is 12.5 Å². The molecule has 1 aromatic rings. The van der Waals surface area contributed by atoms with Gasteiger partial charge < -0.3 is 21.1 Å². The van der Waals surface area contributed by atoms with Crippen LogP contribution in [0.3, 0.4) is 0 Å². The van der Waals surface area contributed by atoms with E-state index in [1.165, 1.54) is 6.33 Å². The predicted molar refractivity (Wildman–Crippen MR) is 69.3 cm³/mol. The number of amides is 1. The van der Waals surface area contributed by atoms with Gasteiger partial charge in [-0.1, -0.05) is 13.8 Å². The summed E-state index contributed by atoms with van der Waals surface area (Å²) in [6.07, 6.45) is 3.71. The van der Waals surface area contributed by atoms with Gasteiger partial charge in [-0.2, -0.15) is 0 Å². The van der Waals surface area contributed by atoms with Crippen LogP contribution in [0.5, 0.6) is 0 Å². The first-order valence-corrected chi connectivity index (χ1v) is 6.08. The van der Waals surface area contributed by atoms with Gasteiger partial charge in [0.25, 0.3) is 0 Å². The highest BCUT2D eigenvalue weighted by molar-refractivity contribution is 5.87. The molecule has 7 nitrogen and oxygen atoms in total. The maximum Gasteiger partial charge on any atom is 0.326 e. The van der Waals surface area contributed by atoms with Crippen LogP contribution in [0.2, 0.25) is 0 Å². The van der Waals surface area contributed by atoms with E-state index in [9.17, 15) is 9.59 Å². The number of carbonyl (C=O) groups excluding carboxylic acids is 1. The predicted octanol–water partition coefficient (Wildman–Crippen LogP) is -0.103. The number of nitrogens with one attached hydrogen (secondary N) is 2. The minimum Gasteiger partial charge on any atom is -0.480 e. The molecule has 0 saturated carbocycles. The number of rotatable bonds is 7. The van der Waals surface area contributed by atoms with Gasteiger partial charge in [0.05, 0.1) is 12.0 Å². The first kappa shape index (κ1) is 15.2. The third kappa shape index (κ3) is 4.36. The van der Waals surface area contributed by atoms with Gasteiger partial charge in [0, 0.05) is 18.0 Å². The van der Waals surface area contributed by atoms with Crippen LogP contribution in [-0.4, -0.2) is 39.5 Å². The molecule has 1 aromatic heterocycles. The first-order chi connectivity index (χ1) is 8.86. The van der Waals surface area contributed by atoms with E-state index in [2.05, 4.69) is 15.3 Å². The van der Waals surface area contributed by atoms with Gasteiger partial charge in [-0.15, -0.1) is 0 Å². The Morgan fingerprint density at radius 1 is 1.58 bits per heavy atom. The zero-order chi connectivity index (χ0) is 14.5. The average molecular weight is 268 g/mol. The molecule has 0 bridgehead atoms. The highest BCUT2D eigenvalue weighted by Gasteiger charge is 2.30. The van der Waals surface area contributed by atoms with Crippen LogP contribution in [-0.2, 0) is 16.0 Å². The lowest BCUT2D eigenvalue weighted by molar-refractivity contribution is -0.143. The van der Waals surface area contributed by atoms with Gasteiger partial charge in [0.2, 0.25) is 5.91 Å². The number of aromatic nitrogens is 2. The maximum atomic E-state index is 12.0. The number of aromatic amines is 1. The number of carboxylic acid groups (broad SMARTS) is 1. The van der Waals surface area contributed by atoms with Crippen molar-refractivity contribution < 1.29 is 14.7 Å². The zero-order valence-corrected chi connectivity index (χ0v) is 11.1. The Morgan fingerprint density at radius 3 is 2.74 bits per heavy atom. The largest absolute Gasteiger partial charge is 0.480 e. The lowest BCUT2D eigenvalue weighted by atomic mass is 9.88. The van der Waals surface area contributed by atoms with Gasteiger partial charge in [-0.3, -0.25) is 4.79 Å². The summed E-state index contributed by atoms with van der Waals surface area (Å²) in [6, 6.07) is -0.993. The van der Waals surface area contributed by atoms with Crippen molar-refractivity contribution in [2.75, 3.05) is 6.54 Å². The lowest BCUT2D eigenvalue weighted by Crippen LogP contribution is -2.48. The Labute approximate surface area is 111 Å². The van der Waals surface area contributed by atoms with E-state index < -0.39 is 17.4 Å². The van der Waals surface area contributed by atoms with Gasteiger partial charge in [-0.05, 0) is 13.0 Å². The van der Waals surface area contributed by atoms with E-state index in [1.807, 2.05) is 0 Å². The summed E-state index contributed by atoms with van der Waals surface area (Å²) in [6.45, 7) is 3.85. The van der Waals surface area contributed by atoms with Gasteiger partial charge >= 0.3 is 5.97 Å². The van der Waals surface area contributed by atoms with E-state index in [-0.39, 0.29) is 12.3 Å². The first-order valence-electron chi connectivity index (χ1n) is 6.08. The molecule has 19 heavy (non-hydrogen) atoms. The summed E-state index contributed by atoms with van der Waals surface area (Å²) >= 11 is 0. The van der Waals surface area contributed by atoms with Gasteiger partial charge in [0.1, 0.15) is 6.04 Å². The topological polar surface area (TPSA) is 121 Å². The van der Waals surface area contributed by atoms with Crippen molar-refractivity contribution >= 4 is 11.9 Å². The zero-order valence-electron chi connectivity index (χ0n) is 11.1. The number of H-pyrrole nitrogens is 1. The molecule has 0 radical (unpaired) electrons. The van der Waals surface area contributed by atoms with Gasteiger partial charge in [0.15, 0.2) is 0 Å². The lowest BCUT2D eigenvalue weighted by Gasteiger charge is -2.25. The van der Waals surface area contributed by atoms with Crippen molar-refractivity contribution in [2.45, 2.75) is 32.7 Å². The number of hydrogen-bond acceptors (Lipinski definition) is 4. The van der Waals surface area contributed by atoms with Crippen molar-refractivity contribution in [2.24, 2.45) is 11.1 Å². The summed E-state index contributed by atoms with van der Waals surface area (Å²) in [5, 5.41) is 11.7. The molecule has 0 aliphatic carbocycles. The second-order valence-corrected chi connectivity index (χ2v) is 5.05. The van der Waals surface area contributed by atoms with E-state index >= 15 is 0 Å². The molecule has 5 N–H and O–H groups in total. The van der Waals surface area contributed by atoms with E-state index in [0.29, 0.717) is 18.7 Å². The van der Waals surface area contributed by atoms with Crippen LogP contribution in [0, 0.1) is 5.41 Å². The monoisotopic (exact) mass is 268 g/mol. The summed E-state index contributed by atoms with van der Waals surface area (Å²) in [5.41, 5.74) is 5.34. The molecule has 1 unspecified atom stereocenters. The van der Waals surface area contributed by atoms with Crippen LogP contribution >= 0.6 is 0 Å². The van der Waals surface area contributed by atoms with Crippen LogP contribution < -0.4 is 11.1 Å². The summed E-state index contributed by atoms with van der Waals surface area (Å²) in [4.78, 5) is 29.9. The molecule has 1 atom stereocenters. The average Bonchev–Trinajstić information content (AvgIpc) is 2.80. The minimum atomic E-state index is -1.08. The standard InChI is InChI=1S/C12H20N4O3/c1-12(2,3-4-13)11(19)16-9(10(17)18)5-8-6-14-7-15-8/h6-7,9H,3-5,13H2,1-2H3,(H,14,15)(H,16,19)(H,17,18). The Morgan fingerprint density at radius 2 is 2.26 bits per heavy atom. The van der Waals surface area contributed by atoms with Crippen molar-refractivity contribution in [3.8, 4) is 0 Å². The third-order valence-corrected chi connectivity index (χ3v) is 2.96. The van der Waals surface area contributed by atoms with E-state index in [1.54, 1.807) is 20.0 Å². The molecule has 1 amide bonds. The molecule has 7 heteroatoms. The molecule has 0 fully saturated rings. The van der Waals surface area contributed by atoms with Gasteiger partial charge in [-0.25, -0.2) is 9.78 Å². The molecule has 106 valence electrons. The highest BCUT2D eigenvalue weighted by atomic mass is 16.4. The normalized spacial score (nSPS) is 13.0. The number of carboxylic acids is 1. The number of nitrogens with zero attached hydrogens (tertiary/aromatic N) is 1. The van der Waals surface area contributed by atoms with Crippen molar-refractivity contribution in [3.63, 3.8) is 0 Å². The summed E-state index contributed by atoms with van der Waals surface area (Å²) in [7, 11) is 0. The maximum absolute atomic E-state index is 12.0. The fourth-order valence-electron chi connectivity index (χ4n) is 1.64. The SMILES string of the molecule is CC(C)(CCN)C(=O)NC(Cc1c[nH]cn1)C(=O)O. The molecule has 1 rings (SSSR count). The summed E-state index contributed by atoms with van der Waals surface area (Å²) in [5.74, 6) is -1.40. The minimum absolute atomic E-state index is 0.142. The van der Waals surface area contributed by atoms with Crippen molar-refractivity contribution in [1.29, 1.82) is 0 Å². The number of hydrogen-bond donors (Lipinski definition) is 4. The fraction of sp³-hybridized carbons (Fsp3) is 0.583. The fourth-order valence-corrected chi connectivity index (χ4v) is 1.64. The Bertz CT molecular complexity index is 428. The Kier molecular flexibility index (Phi) is 5.05. The molecule has 1 heterocycles. The third-order valence-electron chi connectivity index (χ3n) is 2.96. The number of carbonyl (C=O) groups is 2. The smallest absolute Gasteiger partial charge is 0.326 e. The second kappa shape index (κ2) is 6.33. The molecular weight excluding hydrogens is 248 g/mol. The molecule has 0 aliphatic rings. The highest BCUT2D eigenvalue weighted by Crippen LogP contribution is 2.19. The van der Waals surface area contributed by atoms with Crippen molar-refractivity contribution in [3.05, 3.63) is 18.2 Å². The molecule has 0 aromatic carbocycles. The Hall–Kier alpha value is -1.89. The second-order valence-electron chi connectivity index (χ2n) is 5.05. The quantitative estimate of drug-likeness (QED) is 0.550. The van der Waals surface area contributed by atoms with Crippen LogP contribution in [0.4, 0.5) is 0 Å². The molecule has 0 saturated heterocycles. The summed E-state index contributed by atoms with van der Waals surface area (Å²) < 4.78 is 0.